The third kappa shape index (κ3) is 3.44. The van der Waals surface area contributed by atoms with Crippen LogP contribution in [0.4, 0.5) is 0 Å². The molecule has 1 aromatic heterocycles. The minimum Gasteiger partial charge on any atom is -0.424 e. The van der Waals surface area contributed by atoms with Gasteiger partial charge >= 0.3 is 6.01 Å². The Morgan fingerprint density at radius 1 is 1.30 bits per heavy atom. The maximum absolute atomic E-state index is 8.61. The van der Waals surface area contributed by atoms with E-state index in [1.54, 1.807) is 0 Å². The number of aromatic nitrogens is 2. The first-order chi connectivity index (χ1) is 9.72. The van der Waals surface area contributed by atoms with Crippen LogP contribution in [0.1, 0.15) is 24.6 Å². The molecule has 0 radical (unpaired) electrons. The third-order valence-corrected chi connectivity index (χ3v) is 2.67. The Hall–Kier alpha value is -2.63. The summed E-state index contributed by atoms with van der Waals surface area (Å²) in [4.78, 5) is 8.03. The van der Waals surface area contributed by atoms with E-state index in [0.717, 1.165) is 12.8 Å². The van der Waals surface area contributed by atoms with Gasteiger partial charge in [-0.15, -0.1) is 0 Å². The Bertz CT molecular complexity index is 596. The molecule has 104 valence electrons. The van der Waals surface area contributed by atoms with Crippen LogP contribution in [0.15, 0.2) is 41.7 Å². The van der Waals surface area contributed by atoms with Gasteiger partial charge in [-0.25, -0.2) is 4.98 Å². The van der Waals surface area contributed by atoms with Crippen molar-refractivity contribution in [2.75, 3.05) is 0 Å². The second-order valence-corrected chi connectivity index (χ2v) is 4.21. The molecule has 2 aromatic rings. The number of hydrogen-bond acceptors (Lipinski definition) is 5. The predicted molar refractivity (Wildman–Crippen MR) is 75.1 cm³/mol. The Morgan fingerprint density at radius 3 is 2.70 bits per heavy atom. The number of nitrogens with zero attached hydrogens (tertiary/aromatic N) is 3. The molecule has 0 amide bonds. The second-order valence-electron chi connectivity index (χ2n) is 4.21. The van der Waals surface area contributed by atoms with Gasteiger partial charge in [-0.3, -0.25) is 0 Å². The first-order valence-electron chi connectivity index (χ1n) is 6.30. The highest BCUT2D eigenvalue weighted by molar-refractivity contribution is 5.95. The van der Waals surface area contributed by atoms with Gasteiger partial charge in [0.2, 0.25) is 0 Å². The van der Waals surface area contributed by atoms with Gasteiger partial charge in [-0.1, -0.05) is 30.6 Å². The molecule has 0 atom stereocenters. The summed E-state index contributed by atoms with van der Waals surface area (Å²) in [5, 5.41) is 11.5. The molecule has 6 heteroatoms. The molecular weight excluding hydrogens is 256 g/mol. The van der Waals surface area contributed by atoms with Crippen molar-refractivity contribution in [3.63, 3.8) is 0 Å². The largest absolute Gasteiger partial charge is 0.424 e. The molecule has 0 aliphatic rings. The average molecular weight is 272 g/mol. The van der Waals surface area contributed by atoms with Gasteiger partial charge in [0.25, 0.3) is 0 Å². The van der Waals surface area contributed by atoms with Crippen molar-refractivity contribution in [2.45, 2.75) is 19.8 Å². The van der Waals surface area contributed by atoms with Crippen LogP contribution in [0.25, 0.3) is 0 Å². The second kappa shape index (κ2) is 6.51. The van der Waals surface area contributed by atoms with Gasteiger partial charge in [0.05, 0.1) is 0 Å². The standard InChI is InChI=1S/C14H16N4O2/c1-2-3-10-4-6-11(7-5-10)20-14-16-9-8-12(17-14)13(15)18-19/h4-9,19H,2-3H2,1H3,(H2,15,18). The zero-order valence-corrected chi connectivity index (χ0v) is 11.2. The molecule has 3 N–H and O–H groups in total. The Labute approximate surface area is 116 Å². The van der Waals surface area contributed by atoms with E-state index in [1.165, 1.54) is 17.8 Å². The predicted octanol–water partition coefficient (Wildman–Crippen LogP) is 2.32. The van der Waals surface area contributed by atoms with Crippen molar-refractivity contribution >= 4 is 5.84 Å². The van der Waals surface area contributed by atoms with Gasteiger partial charge in [-0.2, -0.15) is 4.98 Å². The number of hydrogen-bond donors (Lipinski definition) is 2. The van der Waals surface area contributed by atoms with E-state index in [0.29, 0.717) is 11.4 Å². The fraction of sp³-hybridized carbons (Fsp3) is 0.214. The van der Waals surface area contributed by atoms with Crippen LogP contribution in [0.2, 0.25) is 0 Å². The Kier molecular flexibility index (Phi) is 4.49. The van der Waals surface area contributed by atoms with Gasteiger partial charge in [0.1, 0.15) is 11.4 Å². The molecule has 0 spiro atoms. The molecule has 0 aliphatic carbocycles. The van der Waals surface area contributed by atoms with Crippen molar-refractivity contribution in [2.24, 2.45) is 10.9 Å². The first-order valence-corrected chi connectivity index (χ1v) is 6.30. The van der Waals surface area contributed by atoms with Crippen molar-refractivity contribution in [1.29, 1.82) is 0 Å². The molecule has 0 saturated carbocycles. The van der Waals surface area contributed by atoms with Crippen molar-refractivity contribution in [3.05, 3.63) is 47.8 Å². The average Bonchev–Trinajstić information content (AvgIpc) is 2.49. The SMILES string of the molecule is CCCc1ccc(Oc2nccc(/C(N)=N/O)n2)cc1. The molecule has 0 saturated heterocycles. The minimum absolute atomic E-state index is 0.0875. The zero-order valence-electron chi connectivity index (χ0n) is 11.2. The summed E-state index contributed by atoms with van der Waals surface area (Å²) < 4.78 is 5.53. The molecule has 0 bridgehead atoms. The Balaban J connectivity index is 2.13. The molecule has 1 aromatic carbocycles. The summed E-state index contributed by atoms with van der Waals surface area (Å²) >= 11 is 0. The molecule has 0 unspecified atom stereocenters. The molecule has 6 nitrogen and oxygen atoms in total. The molecular formula is C14H16N4O2. The maximum atomic E-state index is 8.61. The van der Waals surface area contributed by atoms with E-state index >= 15 is 0 Å². The van der Waals surface area contributed by atoms with E-state index in [9.17, 15) is 0 Å². The molecule has 20 heavy (non-hydrogen) atoms. The summed E-state index contributed by atoms with van der Waals surface area (Å²) in [5.74, 6) is 0.553. The third-order valence-electron chi connectivity index (χ3n) is 2.67. The van der Waals surface area contributed by atoms with E-state index in [4.69, 9.17) is 15.7 Å². The summed E-state index contributed by atoms with van der Waals surface area (Å²) in [6, 6.07) is 9.43. The number of ether oxygens (including phenoxy) is 1. The summed E-state index contributed by atoms with van der Waals surface area (Å²) in [6.07, 6.45) is 3.63. The van der Waals surface area contributed by atoms with Gasteiger partial charge < -0.3 is 15.7 Å². The topological polar surface area (TPSA) is 93.6 Å². The fourth-order valence-electron chi connectivity index (χ4n) is 1.70. The zero-order chi connectivity index (χ0) is 14.4. The molecule has 1 heterocycles. The highest BCUT2D eigenvalue weighted by Gasteiger charge is 2.05. The smallest absolute Gasteiger partial charge is 0.322 e. The van der Waals surface area contributed by atoms with Crippen LogP contribution in [0.3, 0.4) is 0 Å². The number of oxime groups is 1. The van der Waals surface area contributed by atoms with Crippen molar-refractivity contribution in [1.82, 2.24) is 9.97 Å². The monoisotopic (exact) mass is 272 g/mol. The van der Waals surface area contributed by atoms with Crippen molar-refractivity contribution in [3.8, 4) is 11.8 Å². The minimum atomic E-state index is -0.0875. The van der Waals surface area contributed by atoms with Crippen LogP contribution in [-0.4, -0.2) is 21.0 Å². The number of aryl methyl sites for hydroxylation is 1. The van der Waals surface area contributed by atoms with Crippen LogP contribution in [-0.2, 0) is 6.42 Å². The number of benzene rings is 1. The molecule has 2 rings (SSSR count). The maximum Gasteiger partial charge on any atom is 0.322 e. The van der Waals surface area contributed by atoms with E-state index in [-0.39, 0.29) is 11.8 Å². The van der Waals surface area contributed by atoms with Crippen LogP contribution >= 0.6 is 0 Å². The first kappa shape index (κ1) is 13.8. The lowest BCUT2D eigenvalue weighted by atomic mass is 10.1. The Morgan fingerprint density at radius 2 is 2.05 bits per heavy atom. The highest BCUT2D eigenvalue weighted by atomic mass is 16.5. The van der Waals surface area contributed by atoms with E-state index in [1.807, 2.05) is 24.3 Å². The van der Waals surface area contributed by atoms with E-state index in [2.05, 4.69) is 22.0 Å². The van der Waals surface area contributed by atoms with Crippen LogP contribution in [0.5, 0.6) is 11.8 Å². The van der Waals surface area contributed by atoms with Crippen molar-refractivity contribution < 1.29 is 9.94 Å². The fourth-order valence-corrected chi connectivity index (χ4v) is 1.70. The quantitative estimate of drug-likeness (QED) is 0.377. The van der Waals surface area contributed by atoms with E-state index < -0.39 is 0 Å². The lowest BCUT2D eigenvalue weighted by Gasteiger charge is -2.05. The molecule has 0 fully saturated rings. The summed E-state index contributed by atoms with van der Waals surface area (Å²) in [5.41, 5.74) is 7.03. The van der Waals surface area contributed by atoms with Gasteiger partial charge in [-0.05, 0) is 30.2 Å². The van der Waals surface area contributed by atoms with Crippen LogP contribution < -0.4 is 10.5 Å². The van der Waals surface area contributed by atoms with Crippen LogP contribution in [0, 0.1) is 0 Å². The summed E-state index contributed by atoms with van der Waals surface area (Å²) in [7, 11) is 0. The number of nitrogens with two attached hydrogens (primary N) is 1. The van der Waals surface area contributed by atoms with Gasteiger partial charge in [0, 0.05) is 6.20 Å². The molecule has 0 aliphatic heterocycles. The van der Waals surface area contributed by atoms with Gasteiger partial charge in [0.15, 0.2) is 5.84 Å². The normalized spacial score (nSPS) is 11.3. The number of amidine groups is 1. The highest BCUT2D eigenvalue weighted by Crippen LogP contribution is 2.18. The lowest BCUT2D eigenvalue weighted by molar-refractivity contribution is 0.318. The number of rotatable bonds is 5. The lowest BCUT2D eigenvalue weighted by Crippen LogP contribution is -2.15. The summed E-state index contributed by atoms with van der Waals surface area (Å²) in [6.45, 7) is 2.14.